The molecule has 1 amide bonds. The van der Waals surface area contributed by atoms with Crippen LogP contribution in [-0.2, 0) is 11.3 Å². The van der Waals surface area contributed by atoms with E-state index in [2.05, 4.69) is 14.9 Å². The van der Waals surface area contributed by atoms with Gasteiger partial charge in [0.05, 0.1) is 11.7 Å². The minimum Gasteiger partial charge on any atom is -0.345 e. The van der Waals surface area contributed by atoms with E-state index in [-0.39, 0.29) is 11.5 Å². The van der Waals surface area contributed by atoms with Gasteiger partial charge < -0.3 is 9.80 Å². The molecule has 1 saturated heterocycles. The van der Waals surface area contributed by atoms with E-state index in [1.807, 2.05) is 24.1 Å². The van der Waals surface area contributed by atoms with Gasteiger partial charge in [-0.15, -0.1) is 22.7 Å². The first-order valence-corrected chi connectivity index (χ1v) is 10.6. The summed E-state index contributed by atoms with van der Waals surface area (Å²) in [6.07, 6.45) is 3.68. The summed E-state index contributed by atoms with van der Waals surface area (Å²) in [6, 6.07) is 0. The summed E-state index contributed by atoms with van der Waals surface area (Å²) < 4.78 is 1.56. The molecule has 0 aliphatic carbocycles. The monoisotopic (exact) mass is 403 g/mol. The summed E-state index contributed by atoms with van der Waals surface area (Å²) in [5.41, 5.74) is 0.940. The average Bonchev–Trinajstić information content (AvgIpc) is 3.30. The Balaban J connectivity index is 1.38. The third-order valence-corrected chi connectivity index (χ3v) is 6.99. The fourth-order valence-corrected chi connectivity index (χ4v) is 5.01. The SMILES string of the molecule is Cc1sc2ncn(CCC(=O)N3CCN(c4nccs4)CC3)c(=O)c2c1C. The lowest BCUT2D eigenvalue weighted by Gasteiger charge is -2.34. The molecule has 3 aromatic rings. The number of amides is 1. The third-order valence-electron chi connectivity index (χ3n) is 5.04. The van der Waals surface area contributed by atoms with E-state index in [1.165, 1.54) is 11.3 Å². The van der Waals surface area contributed by atoms with E-state index in [0.29, 0.717) is 31.4 Å². The number of fused-ring (bicyclic) bond motifs is 1. The van der Waals surface area contributed by atoms with E-state index >= 15 is 0 Å². The first-order valence-electron chi connectivity index (χ1n) is 8.92. The lowest BCUT2D eigenvalue weighted by molar-refractivity contribution is -0.131. The molecule has 27 heavy (non-hydrogen) atoms. The number of carbonyl (C=O) groups is 1. The summed E-state index contributed by atoms with van der Waals surface area (Å²) >= 11 is 3.16. The number of carbonyl (C=O) groups excluding carboxylic acids is 1. The standard InChI is InChI=1S/C18H21N5O2S2/c1-12-13(2)27-16-15(12)17(25)23(11-20-16)5-3-14(24)21-6-8-22(9-7-21)18-19-4-10-26-18/h4,10-11H,3,5-9H2,1-2H3. The number of anilines is 1. The molecule has 1 aliphatic rings. The molecule has 0 aromatic carbocycles. The maximum Gasteiger partial charge on any atom is 0.262 e. The fourth-order valence-electron chi connectivity index (χ4n) is 3.32. The van der Waals surface area contributed by atoms with Gasteiger partial charge in [-0.1, -0.05) is 0 Å². The molecule has 1 fully saturated rings. The minimum absolute atomic E-state index is 0.0526. The molecule has 0 unspecified atom stereocenters. The normalized spacial score (nSPS) is 14.9. The molecule has 1 aliphatic heterocycles. The van der Waals surface area contributed by atoms with Crippen LogP contribution < -0.4 is 10.5 Å². The number of rotatable bonds is 4. The van der Waals surface area contributed by atoms with Gasteiger partial charge in [0.15, 0.2) is 5.13 Å². The molecular formula is C18H21N5O2S2. The van der Waals surface area contributed by atoms with E-state index in [9.17, 15) is 9.59 Å². The zero-order valence-electron chi connectivity index (χ0n) is 15.3. The Morgan fingerprint density at radius 3 is 2.67 bits per heavy atom. The highest BCUT2D eigenvalue weighted by atomic mass is 32.1. The zero-order chi connectivity index (χ0) is 19.0. The van der Waals surface area contributed by atoms with Crippen LogP contribution >= 0.6 is 22.7 Å². The number of nitrogens with zero attached hydrogens (tertiary/aromatic N) is 5. The minimum atomic E-state index is -0.0526. The molecule has 9 heteroatoms. The molecule has 0 saturated carbocycles. The topological polar surface area (TPSA) is 71.3 Å². The van der Waals surface area contributed by atoms with E-state index in [4.69, 9.17) is 0 Å². The molecular weight excluding hydrogens is 382 g/mol. The van der Waals surface area contributed by atoms with Crippen molar-refractivity contribution in [3.05, 3.63) is 38.7 Å². The van der Waals surface area contributed by atoms with Crippen molar-refractivity contribution in [1.82, 2.24) is 19.4 Å². The number of thiazole rings is 1. The molecule has 0 N–H and O–H groups in total. The summed E-state index contributed by atoms with van der Waals surface area (Å²) in [5.74, 6) is 0.0824. The summed E-state index contributed by atoms with van der Waals surface area (Å²) in [7, 11) is 0. The molecule has 7 nitrogen and oxygen atoms in total. The van der Waals surface area contributed by atoms with E-state index in [0.717, 1.165) is 33.5 Å². The van der Waals surface area contributed by atoms with Gasteiger partial charge in [0.1, 0.15) is 4.83 Å². The lowest BCUT2D eigenvalue weighted by Crippen LogP contribution is -2.49. The number of hydrogen-bond acceptors (Lipinski definition) is 7. The summed E-state index contributed by atoms with van der Waals surface area (Å²) in [6.45, 7) is 7.28. The van der Waals surface area contributed by atoms with Gasteiger partial charge in [-0.05, 0) is 19.4 Å². The van der Waals surface area contributed by atoms with Gasteiger partial charge in [0.25, 0.3) is 5.56 Å². The second-order valence-electron chi connectivity index (χ2n) is 6.64. The van der Waals surface area contributed by atoms with Crippen LogP contribution in [-0.4, -0.2) is 51.5 Å². The van der Waals surface area contributed by atoms with Gasteiger partial charge in [0.2, 0.25) is 5.91 Å². The first kappa shape index (κ1) is 18.1. The molecule has 4 rings (SSSR count). The predicted molar refractivity (Wildman–Crippen MR) is 109 cm³/mol. The van der Waals surface area contributed by atoms with Gasteiger partial charge in [-0.3, -0.25) is 14.2 Å². The van der Waals surface area contributed by atoms with Gasteiger partial charge in [-0.25, -0.2) is 9.97 Å². The maximum atomic E-state index is 12.7. The van der Waals surface area contributed by atoms with Crippen molar-refractivity contribution in [3.8, 4) is 0 Å². The number of piperazine rings is 1. The fraction of sp³-hybridized carbons (Fsp3) is 0.444. The second-order valence-corrected chi connectivity index (χ2v) is 8.72. The highest BCUT2D eigenvalue weighted by Gasteiger charge is 2.22. The number of hydrogen-bond donors (Lipinski definition) is 0. The van der Waals surface area contributed by atoms with Gasteiger partial charge in [-0.2, -0.15) is 0 Å². The van der Waals surface area contributed by atoms with Crippen LogP contribution in [0.1, 0.15) is 16.9 Å². The molecule has 0 radical (unpaired) electrons. The van der Waals surface area contributed by atoms with Crippen LogP contribution in [0.2, 0.25) is 0 Å². The highest BCUT2D eigenvalue weighted by molar-refractivity contribution is 7.18. The number of aryl methyl sites for hydroxylation is 3. The average molecular weight is 404 g/mol. The zero-order valence-corrected chi connectivity index (χ0v) is 17.0. The van der Waals surface area contributed by atoms with Crippen LogP contribution in [0.3, 0.4) is 0 Å². The van der Waals surface area contributed by atoms with Crippen molar-refractivity contribution in [1.29, 1.82) is 0 Å². The van der Waals surface area contributed by atoms with Crippen molar-refractivity contribution in [2.24, 2.45) is 0 Å². The Kier molecular flexibility index (Phi) is 4.96. The molecule has 4 heterocycles. The Morgan fingerprint density at radius 2 is 1.96 bits per heavy atom. The van der Waals surface area contributed by atoms with Crippen LogP contribution in [0, 0.1) is 13.8 Å². The van der Waals surface area contributed by atoms with Crippen molar-refractivity contribution < 1.29 is 4.79 Å². The Hall–Kier alpha value is -2.26. The van der Waals surface area contributed by atoms with Crippen LogP contribution in [0.5, 0.6) is 0 Å². The number of aromatic nitrogens is 3. The Morgan fingerprint density at radius 1 is 1.19 bits per heavy atom. The quantitative estimate of drug-likeness (QED) is 0.668. The Labute approximate surface area is 164 Å². The summed E-state index contributed by atoms with van der Waals surface area (Å²) in [5, 5.41) is 3.66. The van der Waals surface area contributed by atoms with Crippen LogP contribution in [0.15, 0.2) is 22.7 Å². The van der Waals surface area contributed by atoms with Crippen molar-refractivity contribution in [3.63, 3.8) is 0 Å². The van der Waals surface area contributed by atoms with Gasteiger partial charge in [0, 0.05) is 55.6 Å². The predicted octanol–water partition coefficient (Wildman–Crippen LogP) is 2.27. The van der Waals surface area contributed by atoms with Crippen molar-refractivity contribution in [2.75, 3.05) is 31.1 Å². The van der Waals surface area contributed by atoms with Crippen molar-refractivity contribution >= 4 is 43.9 Å². The molecule has 0 bridgehead atoms. The smallest absolute Gasteiger partial charge is 0.262 e. The Bertz CT molecular complexity index is 1020. The molecule has 0 spiro atoms. The largest absolute Gasteiger partial charge is 0.345 e. The van der Waals surface area contributed by atoms with Crippen LogP contribution in [0.25, 0.3) is 10.2 Å². The maximum absolute atomic E-state index is 12.7. The molecule has 142 valence electrons. The highest BCUT2D eigenvalue weighted by Crippen LogP contribution is 2.25. The molecule has 0 atom stereocenters. The second kappa shape index (κ2) is 7.40. The number of thiophene rings is 1. The lowest BCUT2D eigenvalue weighted by atomic mass is 10.2. The first-order chi connectivity index (χ1) is 13.0. The summed E-state index contributed by atoms with van der Waals surface area (Å²) in [4.78, 5) is 40.0. The van der Waals surface area contributed by atoms with E-state index in [1.54, 1.807) is 28.4 Å². The molecule has 3 aromatic heterocycles. The van der Waals surface area contributed by atoms with Crippen molar-refractivity contribution in [2.45, 2.75) is 26.8 Å². The third kappa shape index (κ3) is 3.49. The van der Waals surface area contributed by atoms with Crippen LogP contribution in [0.4, 0.5) is 5.13 Å². The van der Waals surface area contributed by atoms with Gasteiger partial charge >= 0.3 is 0 Å². The van der Waals surface area contributed by atoms with E-state index < -0.39 is 0 Å².